The van der Waals surface area contributed by atoms with E-state index < -0.39 is 4.92 Å². The van der Waals surface area contributed by atoms with Crippen LogP contribution in [0.3, 0.4) is 0 Å². The van der Waals surface area contributed by atoms with E-state index in [2.05, 4.69) is 20.6 Å². The summed E-state index contributed by atoms with van der Waals surface area (Å²) in [6.45, 7) is 4.19. The first-order chi connectivity index (χ1) is 9.55. The first-order valence-electron chi connectivity index (χ1n) is 6.61. The smallest absolute Gasteiger partial charge is 0.332 e. The Bertz CT molecular complexity index is 502. The number of rotatable bonds is 6. The molecule has 0 bridgehead atoms. The number of nitrogens with zero attached hydrogens (tertiary/aromatic N) is 3. The number of anilines is 2. The topological polar surface area (TPSA) is 102 Å². The van der Waals surface area contributed by atoms with E-state index in [-0.39, 0.29) is 23.7 Å². The summed E-state index contributed by atoms with van der Waals surface area (Å²) in [4.78, 5) is 19.0. The number of hydrogen-bond donors (Lipinski definition) is 2. The molecule has 1 heterocycles. The van der Waals surface area contributed by atoms with Crippen molar-refractivity contribution in [1.29, 1.82) is 0 Å². The van der Waals surface area contributed by atoms with Gasteiger partial charge in [-0.2, -0.15) is 4.98 Å². The van der Waals surface area contributed by atoms with Crippen molar-refractivity contribution in [1.82, 2.24) is 9.97 Å². The molecule has 1 saturated carbocycles. The van der Waals surface area contributed by atoms with Gasteiger partial charge in [-0.25, -0.2) is 4.98 Å². The molecule has 20 heavy (non-hydrogen) atoms. The van der Waals surface area contributed by atoms with E-state index in [1.54, 1.807) is 14.0 Å². The summed E-state index contributed by atoms with van der Waals surface area (Å²) in [6.07, 6.45) is 1.88. The van der Waals surface area contributed by atoms with Gasteiger partial charge in [0.2, 0.25) is 11.8 Å². The van der Waals surface area contributed by atoms with Crippen LogP contribution >= 0.6 is 0 Å². The molecule has 0 saturated heterocycles. The Kier molecular flexibility index (Phi) is 4.33. The van der Waals surface area contributed by atoms with Gasteiger partial charge in [-0.05, 0) is 26.7 Å². The van der Waals surface area contributed by atoms with Gasteiger partial charge in [-0.15, -0.1) is 0 Å². The molecule has 0 radical (unpaired) electrons. The zero-order valence-electron chi connectivity index (χ0n) is 11.8. The number of nitro groups is 1. The maximum atomic E-state index is 11.2. The van der Waals surface area contributed by atoms with E-state index in [1.165, 1.54) is 0 Å². The van der Waals surface area contributed by atoms with Crippen LogP contribution < -0.4 is 10.6 Å². The molecule has 0 unspecified atom stereocenters. The Labute approximate surface area is 117 Å². The predicted octanol–water partition coefficient (Wildman–Crippen LogP) is 1.71. The molecular formula is C12H19N5O3. The zero-order chi connectivity index (χ0) is 14.7. The van der Waals surface area contributed by atoms with Gasteiger partial charge in [0.1, 0.15) is 5.69 Å². The quantitative estimate of drug-likeness (QED) is 0.604. The molecule has 110 valence electrons. The molecular weight excluding hydrogens is 262 g/mol. The van der Waals surface area contributed by atoms with Crippen molar-refractivity contribution in [2.24, 2.45) is 0 Å². The van der Waals surface area contributed by atoms with Crippen LogP contribution in [0.1, 0.15) is 25.5 Å². The second-order valence-corrected chi connectivity index (χ2v) is 4.79. The number of aryl methyl sites for hydroxylation is 1. The first kappa shape index (κ1) is 14.4. The van der Waals surface area contributed by atoms with E-state index in [1.807, 2.05) is 6.92 Å². The van der Waals surface area contributed by atoms with Crippen LogP contribution in [0.2, 0.25) is 0 Å². The molecule has 0 amide bonds. The lowest BCUT2D eigenvalue weighted by molar-refractivity contribution is -0.385. The van der Waals surface area contributed by atoms with Crippen LogP contribution in [-0.4, -0.2) is 40.7 Å². The van der Waals surface area contributed by atoms with Crippen LogP contribution in [0.25, 0.3) is 0 Å². The van der Waals surface area contributed by atoms with Crippen LogP contribution in [0, 0.1) is 17.0 Å². The molecule has 0 aliphatic heterocycles. The van der Waals surface area contributed by atoms with E-state index >= 15 is 0 Å². The Morgan fingerprint density at radius 3 is 2.70 bits per heavy atom. The minimum Gasteiger partial charge on any atom is -0.381 e. The molecule has 2 rings (SSSR count). The second kappa shape index (κ2) is 6.00. The monoisotopic (exact) mass is 281 g/mol. The highest BCUT2D eigenvalue weighted by Crippen LogP contribution is 2.31. The summed E-state index contributed by atoms with van der Waals surface area (Å²) in [5.74, 6) is 0.679. The molecule has 8 nitrogen and oxygen atoms in total. The summed E-state index contributed by atoms with van der Waals surface area (Å²) in [6, 6.07) is 0.155. The normalized spacial score (nSPS) is 21.1. The number of nitrogens with one attached hydrogen (secondary N) is 2. The van der Waals surface area contributed by atoms with Crippen molar-refractivity contribution in [3.63, 3.8) is 0 Å². The third-order valence-corrected chi connectivity index (χ3v) is 3.34. The van der Waals surface area contributed by atoms with Crippen LogP contribution in [-0.2, 0) is 4.74 Å². The molecule has 8 heteroatoms. The van der Waals surface area contributed by atoms with Crippen LogP contribution in [0.15, 0.2) is 0 Å². The summed E-state index contributed by atoms with van der Waals surface area (Å²) in [5, 5.41) is 17.3. The maximum Gasteiger partial charge on any atom is 0.332 e. The molecule has 1 fully saturated rings. The zero-order valence-corrected chi connectivity index (χ0v) is 11.8. The van der Waals surface area contributed by atoms with Crippen molar-refractivity contribution in [3.8, 4) is 0 Å². The molecule has 2 N–H and O–H groups in total. The number of aromatic nitrogens is 2. The Hall–Kier alpha value is -1.96. The van der Waals surface area contributed by atoms with Gasteiger partial charge in [0.25, 0.3) is 0 Å². The minimum absolute atomic E-state index is 0.0625. The fraction of sp³-hybridized carbons (Fsp3) is 0.667. The van der Waals surface area contributed by atoms with Crippen LogP contribution in [0.5, 0.6) is 0 Å². The van der Waals surface area contributed by atoms with Gasteiger partial charge in [0.05, 0.1) is 11.0 Å². The van der Waals surface area contributed by atoms with Gasteiger partial charge in [0.15, 0.2) is 0 Å². The summed E-state index contributed by atoms with van der Waals surface area (Å²) < 4.78 is 5.20. The molecule has 1 aromatic rings. The van der Waals surface area contributed by atoms with Gasteiger partial charge < -0.3 is 15.4 Å². The van der Waals surface area contributed by atoms with Gasteiger partial charge in [0, 0.05) is 19.7 Å². The average molecular weight is 281 g/mol. The highest BCUT2D eigenvalue weighted by molar-refractivity contribution is 5.61. The maximum absolute atomic E-state index is 11.2. The highest BCUT2D eigenvalue weighted by Gasteiger charge is 2.32. The van der Waals surface area contributed by atoms with E-state index in [9.17, 15) is 10.1 Å². The molecule has 1 aromatic heterocycles. The number of methoxy groups -OCH3 is 1. The first-order valence-corrected chi connectivity index (χ1v) is 6.61. The number of ether oxygens (including phenoxy) is 1. The largest absolute Gasteiger partial charge is 0.381 e. The van der Waals surface area contributed by atoms with Crippen molar-refractivity contribution >= 4 is 17.5 Å². The molecule has 0 atom stereocenters. The minimum atomic E-state index is -0.445. The van der Waals surface area contributed by atoms with E-state index in [4.69, 9.17) is 4.74 Å². The second-order valence-electron chi connectivity index (χ2n) is 4.79. The summed E-state index contributed by atoms with van der Waals surface area (Å²) >= 11 is 0. The lowest BCUT2D eigenvalue weighted by atomic mass is 9.89. The van der Waals surface area contributed by atoms with Crippen molar-refractivity contribution in [2.45, 2.75) is 38.8 Å². The van der Waals surface area contributed by atoms with E-state index in [0.29, 0.717) is 18.2 Å². The van der Waals surface area contributed by atoms with Crippen LogP contribution in [0.4, 0.5) is 17.5 Å². The fourth-order valence-corrected chi connectivity index (χ4v) is 2.19. The lowest BCUT2D eigenvalue weighted by Crippen LogP contribution is -2.40. The molecule has 0 aromatic carbocycles. The Balaban J connectivity index is 2.21. The molecule has 1 aliphatic rings. The summed E-state index contributed by atoms with van der Waals surface area (Å²) in [5.41, 5.74) is 0.290. The predicted molar refractivity (Wildman–Crippen MR) is 75.0 cm³/mol. The van der Waals surface area contributed by atoms with Crippen molar-refractivity contribution < 1.29 is 9.66 Å². The third kappa shape index (κ3) is 2.96. The van der Waals surface area contributed by atoms with Gasteiger partial charge >= 0.3 is 5.69 Å². The molecule has 0 spiro atoms. The Morgan fingerprint density at radius 2 is 2.15 bits per heavy atom. The third-order valence-electron chi connectivity index (χ3n) is 3.34. The van der Waals surface area contributed by atoms with Gasteiger partial charge in [-0.3, -0.25) is 10.1 Å². The fourth-order valence-electron chi connectivity index (χ4n) is 2.19. The van der Waals surface area contributed by atoms with Crippen molar-refractivity contribution in [3.05, 3.63) is 15.8 Å². The van der Waals surface area contributed by atoms with Gasteiger partial charge in [-0.1, -0.05) is 0 Å². The summed E-state index contributed by atoms with van der Waals surface area (Å²) in [7, 11) is 1.67. The van der Waals surface area contributed by atoms with Crippen molar-refractivity contribution in [2.75, 3.05) is 24.3 Å². The van der Waals surface area contributed by atoms with E-state index in [0.717, 1.165) is 12.8 Å². The SMILES string of the molecule is CCNc1nc(C)c([N+](=O)[O-])c(NC2CC(OC)C2)n1. The standard InChI is InChI=1S/C12H19N5O3/c1-4-13-12-14-7(2)10(17(18)19)11(16-12)15-8-5-9(6-8)20-3/h8-9H,4-6H2,1-3H3,(H2,13,14,15,16). The lowest BCUT2D eigenvalue weighted by Gasteiger charge is -2.34. The number of hydrogen-bond acceptors (Lipinski definition) is 7. The Morgan fingerprint density at radius 1 is 1.45 bits per heavy atom. The average Bonchev–Trinajstić information content (AvgIpc) is 2.32. The molecule has 1 aliphatic carbocycles. The highest BCUT2D eigenvalue weighted by atomic mass is 16.6.